The van der Waals surface area contributed by atoms with Crippen LogP contribution in [0, 0.1) is 6.92 Å². The van der Waals surface area contributed by atoms with Gasteiger partial charge in [-0.05, 0) is 60.7 Å². The van der Waals surface area contributed by atoms with Crippen LogP contribution in [0.1, 0.15) is 28.5 Å². The quantitative estimate of drug-likeness (QED) is 0.623. The molecular weight excluding hydrogens is 370 g/mol. The van der Waals surface area contributed by atoms with Crippen molar-refractivity contribution in [3.63, 3.8) is 0 Å². The molecule has 3 rings (SSSR count). The predicted molar refractivity (Wildman–Crippen MR) is 107 cm³/mol. The molecule has 0 aliphatic rings. The van der Waals surface area contributed by atoms with Crippen molar-refractivity contribution in [1.29, 1.82) is 0 Å². The van der Waals surface area contributed by atoms with Gasteiger partial charge in [0.1, 0.15) is 11.6 Å². The lowest BCUT2D eigenvalue weighted by Crippen LogP contribution is -2.15. The zero-order valence-electron chi connectivity index (χ0n) is 14.4. The lowest BCUT2D eigenvalue weighted by atomic mass is 10.2. The third kappa shape index (κ3) is 3.98. The number of hydrogen-bond acceptors (Lipinski definition) is 5. The number of rotatable bonds is 5. The number of hydrogen-bond donors (Lipinski definition) is 2. The molecule has 0 bridgehead atoms. The molecule has 1 aromatic carbocycles. The third-order valence-electron chi connectivity index (χ3n) is 3.78. The van der Waals surface area contributed by atoms with Gasteiger partial charge in [0.05, 0.1) is 10.6 Å². The number of anilines is 2. The number of carbonyl (C=O) groups excluding carboxylic acids is 1. The standard InChI is InChI=1S/C19H18ClN3O2S/c1-3-12-10-26-19(16(12)20)25-14-7-5-13(6-8-14)23-18(24)15-9-4-11(2)22-17(15)21/h4-10H,3H2,1-2H3,(H2,21,22)(H,23,24). The van der Waals surface area contributed by atoms with Crippen LogP contribution in [0.3, 0.4) is 0 Å². The van der Waals surface area contributed by atoms with Crippen LogP contribution in [-0.4, -0.2) is 10.9 Å². The molecule has 3 aromatic rings. The van der Waals surface area contributed by atoms with Crippen molar-refractivity contribution in [3.8, 4) is 10.8 Å². The molecule has 0 aliphatic heterocycles. The Morgan fingerprint density at radius 2 is 2.00 bits per heavy atom. The Morgan fingerprint density at radius 3 is 2.62 bits per heavy atom. The molecule has 1 amide bonds. The maximum absolute atomic E-state index is 12.3. The van der Waals surface area contributed by atoms with Crippen LogP contribution in [0.4, 0.5) is 11.5 Å². The summed E-state index contributed by atoms with van der Waals surface area (Å²) in [6, 6.07) is 10.5. The highest BCUT2D eigenvalue weighted by molar-refractivity contribution is 7.12. The summed E-state index contributed by atoms with van der Waals surface area (Å²) in [6.07, 6.45) is 0.862. The number of benzene rings is 1. The normalized spacial score (nSPS) is 10.6. The van der Waals surface area contributed by atoms with E-state index in [0.717, 1.165) is 17.7 Å². The second kappa shape index (κ2) is 7.76. The van der Waals surface area contributed by atoms with E-state index in [1.54, 1.807) is 36.4 Å². The van der Waals surface area contributed by atoms with Gasteiger partial charge in [-0.15, -0.1) is 11.3 Å². The lowest BCUT2D eigenvalue weighted by Gasteiger charge is -2.09. The Kier molecular flexibility index (Phi) is 5.44. The Balaban J connectivity index is 1.69. The number of amides is 1. The van der Waals surface area contributed by atoms with Gasteiger partial charge in [0.25, 0.3) is 5.91 Å². The third-order valence-corrected chi connectivity index (χ3v) is 5.21. The Morgan fingerprint density at radius 1 is 1.27 bits per heavy atom. The molecule has 0 spiro atoms. The van der Waals surface area contributed by atoms with Gasteiger partial charge in [0.15, 0.2) is 5.06 Å². The number of pyridine rings is 1. The van der Waals surface area contributed by atoms with Crippen LogP contribution >= 0.6 is 22.9 Å². The fourth-order valence-electron chi connectivity index (χ4n) is 2.35. The van der Waals surface area contributed by atoms with Gasteiger partial charge in [-0.1, -0.05) is 18.5 Å². The topological polar surface area (TPSA) is 77.2 Å². The van der Waals surface area contributed by atoms with Crippen LogP contribution in [0.25, 0.3) is 0 Å². The van der Waals surface area contributed by atoms with Gasteiger partial charge >= 0.3 is 0 Å². The highest BCUT2D eigenvalue weighted by atomic mass is 35.5. The van der Waals surface area contributed by atoms with Crippen molar-refractivity contribution in [2.75, 3.05) is 11.1 Å². The fourth-order valence-corrected chi connectivity index (χ4v) is 3.68. The molecule has 26 heavy (non-hydrogen) atoms. The molecular formula is C19H18ClN3O2S. The predicted octanol–water partition coefficient (Wildman–Crippen LogP) is 5.29. The number of halogens is 1. The summed E-state index contributed by atoms with van der Waals surface area (Å²) >= 11 is 7.74. The largest absolute Gasteiger partial charge is 0.445 e. The van der Waals surface area contributed by atoms with Gasteiger partial charge in [-0.25, -0.2) is 4.98 Å². The summed E-state index contributed by atoms with van der Waals surface area (Å²) in [5.74, 6) is 0.546. The van der Waals surface area contributed by atoms with E-state index in [2.05, 4.69) is 10.3 Å². The zero-order valence-corrected chi connectivity index (χ0v) is 15.9. The molecule has 3 N–H and O–H groups in total. The number of aryl methyl sites for hydroxylation is 2. The highest BCUT2D eigenvalue weighted by Gasteiger charge is 2.12. The SMILES string of the molecule is CCc1csc(Oc2ccc(NC(=O)c3ccc(C)nc3N)cc2)c1Cl. The Hall–Kier alpha value is -2.57. The number of nitrogens with two attached hydrogens (primary N) is 1. The van der Waals surface area contributed by atoms with E-state index in [-0.39, 0.29) is 11.7 Å². The summed E-state index contributed by atoms with van der Waals surface area (Å²) in [5, 5.41) is 6.10. The lowest BCUT2D eigenvalue weighted by molar-refractivity contribution is 0.102. The van der Waals surface area contributed by atoms with Gasteiger partial charge in [0.2, 0.25) is 0 Å². The first-order chi connectivity index (χ1) is 12.5. The van der Waals surface area contributed by atoms with Crippen molar-refractivity contribution >= 4 is 40.4 Å². The van der Waals surface area contributed by atoms with Gasteiger partial charge in [-0.3, -0.25) is 4.79 Å². The van der Waals surface area contributed by atoms with Crippen molar-refractivity contribution in [3.05, 3.63) is 63.6 Å². The van der Waals surface area contributed by atoms with Gasteiger partial charge < -0.3 is 15.8 Å². The number of thiophene rings is 1. The van der Waals surface area contributed by atoms with Gasteiger partial charge in [-0.2, -0.15) is 0 Å². The van der Waals surface area contributed by atoms with Crippen LogP contribution in [0.5, 0.6) is 10.8 Å². The van der Waals surface area contributed by atoms with E-state index < -0.39 is 0 Å². The van der Waals surface area contributed by atoms with Crippen LogP contribution in [-0.2, 0) is 6.42 Å². The number of nitrogens with one attached hydrogen (secondary N) is 1. The fraction of sp³-hybridized carbons (Fsp3) is 0.158. The van der Waals surface area contributed by atoms with E-state index in [0.29, 0.717) is 27.1 Å². The molecule has 7 heteroatoms. The minimum atomic E-state index is -0.308. The van der Waals surface area contributed by atoms with Crippen molar-refractivity contribution < 1.29 is 9.53 Å². The summed E-state index contributed by atoms with van der Waals surface area (Å²) < 4.78 is 5.81. The molecule has 2 aromatic heterocycles. The molecule has 0 fully saturated rings. The Labute approximate surface area is 160 Å². The van der Waals surface area contributed by atoms with Gasteiger partial charge in [0, 0.05) is 11.4 Å². The molecule has 0 aliphatic carbocycles. The van der Waals surface area contributed by atoms with Crippen molar-refractivity contribution in [1.82, 2.24) is 4.98 Å². The average molecular weight is 388 g/mol. The number of carbonyl (C=O) groups is 1. The first-order valence-electron chi connectivity index (χ1n) is 8.06. The van der Waals surface area contributed by atoms with E-state index in [4.69, 9.17) is 22.1 Å². The zero-order chi connectivity index (χ0) is 18.7. The number of nitrogen functional groups attached to an aromatic ring is 1. The average Bonchev–Trinajstić information content (AvgIpc) is 2.96. The Bertz CT molecular complexity index is 938. The summed E-state index contributed by atoms with van der Waals surface area (Å²) in [5.41, 5.74) is 8.62. The number of ether oxygens (including phenoxy) is 1. The minimum Gasteiger partial charge on any atom is -0.445 e. The van der Waals surface area contributed by atoms with E-state index >= 15 is 0 Å². The first-order valence-corrected chi connectivity index (χ1v) is 9.32. The smallest absolute Gasteiger partial charge is 0.259 e. The second-order valence-corrected chi connectivity index (χ2v) is 6.90. The van der Waals surface area contributed by atoms with Crippen LogP contribution in [0.2, 0.25) is 5.02 Å². The number of nitrogens with zero attached hydrogens (tertiary/aromatic N) is 1. The van der Waals surface area contributed by atoms with Crippen LogP contribution in [0.15, 0.2) is 41.8 Å². The summed E-state index contributed by atoms with van der Waals surface area (Å²) in [6.45, 7) is 3.87. The maximum Gasteiger partial charge on any atom is 0.259 e. The van der Waals surface area contributed by atoms with Crippen molar-refractivity contribution in [2.24, 2.45) is 0 Å². The molecule has 0 radical (unpaired) electrons. The van der Waals surface area contributed by atoms with Crippen molar-refractivity contribution in [2.45, 2.75) is 20.3 Å². The second-order valence-electron chi connectivity index (χ2n) is 5.68. The number of aromatic nitrogens is 1. The molecule has 0 saturated heterocycles. The molecule has 5 nitrogen and oxygen atoms in total. The van der Waals surface area contributed by atoms with Crippen LogP contribution < -0.4 is 15.8 Å². The highest BCUT2D eigenvalue weighted by Crippen LogP contribution is 2.38. The summed E-state index contributed by atoms with van der Waals surface area (Å²) in [7, 11) is 0. The maximum atomic E-state index is 12.3. The molecule has 0 saturated carbocycles. The van der Waals surface area contributed by atoms with E-state index in [1.807, 2.05) is 19.2 Å². The molecule has 0 unspecified atom stereocenters. The monoisotopic (exact) mass is 387 g/mol. The minimum absolute atomic E-state index is 0.210. The molecule has 0 atom stereocenters. The van der Waals surface area contributed by atoms with E-state index in [1.165, 1.54) is 11.3 Å². The summed E-state index contributed by atoms with van der Waals surface area (Å²) in [4.78, 5) is 16.4. The molecule has 134 valence electrons. The first kappa shape index (κ1) is 18.2. The van der Waals surface area contributed by atoms with E-state index in [9.17, 15) is 4.79 Å². The molecule has 2 heterocycles.